The lowest BCUT2D eigenvalue weighted by molar-refractivity contribution is -0.00225. The molecule has 82 valence electrons. The molecule has 1 heterocycles. The van der Waals surface area contributed by atoms with E-state index in [2.05, 4.69) is 26.8 Å². The first-order chi connectivity index (χ1) is 6.68. The highest BCUT2D eigenvalue weighted by molar-refractivity contribution is 5.00. The molecule has 0 radical (unpaired) electrons. The van der Waals surface area contributed by atoms with Crippen LogP contribution in [0, 0.1) is 5.92 Å². The Bertz CT molecular complexity index is 179. The number of hydrogen-bond donors (Lipinski definition) is 0. The van der Waals surface area contributed by atoms with Gasteiger partial charge in [-0.15, -0.1) is 0 Å². The maximum Gasteiger partial charge on any atom is 0.177 e. The molecule has 0 amide bonds. The van der Waals surface area contributed by atoms with Gasteiger partial charge in [0, 0.05) is 0 Å². The summed E-state index contributed by atoms with van der Waals surface area (Å²) in [5.41, 5.74) is 1.39. The van der Waals surface area contributed by atoms with Crippen LogP contribution in [-0.2, 0) is 9.47 Å². The quantitative estimate of drug-likeness (QED) is 0.632. The molecule has 0 bridgehead atoms. The van der Waals surface area contributed by atoms with Crippen LogP contribution in [0.3, 0.4) is 0 Å². The van der Waals surface area contributed by atoms with Gasteiger partial charge in [-0.05, 0) is 31.8 Å². The largest absolute Gasteiger partial charge is 0.347 e. The highest BCUT2D eigenvalue weighted by Crippen LogP contribution is 2.14. The van der Waals surface area contributed by atoms with Crippen molar-refractivity contribution < 1.29 is 9.47 Å². The monoisotopic (exact) mass is 198 g/mol. The molecular weight excluding hydrogens is 176 g/mol. The minimum atomic E-state index is -0.0750. The van der Waals surface area contributed by atoms with E-state index in [9.17, 15) is 0 Å². The SMILES string of the molecule is CC(=CC1OCCO1)CCCC(C)C. The minimum absolute atomic E-state index is 0.0750. The number of rotatable bonds is 5. The van der Waals surface area contributed by atoms with Crippen LogP contribution in [0.15, 0.2) is 11.6 Å². The summed E-state index contributed by atoms with van der Waals surface area (Å²) in [5.74, 6) is 0.807. The van der Waals surface area contributed by atoms with Crippen LogP contribution in [-0.4, -0.2) is 19.5 Å². The molecule has 1 aliphatic heterocycles. The second-order valence-electron chi connectivity index (χ2n) is 4.41. The van der Waals surface area contributed by atoms with E-state index < -0.39 is 0 Å². The Morgan fingerprint density at radius 1 is 1.36 bits per heavy atom. The molecule has 1 saturated heterocycles. The van der Waals surface area contributed by atoms with Crippen LogP contribution in [0.1, 0.15) is 40.0 Å². The van der Waals surface area contributed by atoms with E-state index in [0.717, 1.165) is 19.1 Å². The van der Waals surface area contributed by atoms with Gasteiger partial charge in [-0.25, -0.2) is 0 Å². The third-order valence-electron chi connectivity index (χ3n) is 2.42. The average Bonchev–Trinajstić information content (AvgIpc) is 2.56. The average molecular weight is 198 g/mol. The Morgan fingerprint density at radius 3 is 2.57 bits per heavy atom. The van der Waals surface area contributed by atoms with Crippen LogP contribution in [0.25, 0.3) is 0 Å². The van der Waals surface area contributed by atoms with Crippen molar-refractivity contribution >= 4 is 0 Å². The molecule has 0 aromatic heterocycles. The van der Waals surface area contributed by atoms with Crippen LogP contribution in [0.5, 0.6) is 0 Å². The van der Waals surface area contributed by atoms with Crippen molar-refractivity contribution in [3.8, 4) is 0 Å². The molecule has 1 rings (SSSR count). The summed E-state index contributed by atoms with van der Waals surface area (Å²) >= 11 is 0. The fraction of sp³-hybridized carbons (Fsp3) is 0.833. The van der Waals surface area contributed by atoms with Crippen molar-refractivity contribution in [2.24, 2.45) is 5.92 Å². The Balaban J connectivity index is 2.16. The van der Waals surface area contributed by atoms with Crippen molar-refractivity contribution in [2.45, 2.75) is 46.3 Å². The molecule has 0 aromatic carbocycles. The minimum Gasteiger partial charge on any atom is -0.347 e. The number of allylic oxidation sites excluding steroid dienone is 1. The molecule has 0 spiro atoms. The highest BCUT2D eigenvalue weighted by Gasteiger charge is 2.12. The first kappa shape index (κ1) is 11.7. The Labute approximate surface area is 87.3 Å². The molecule has 0 aromatic rings. The van der Waals surface area contributed by atoms with Gasteiger partial charge in [0.1, 0.15) is 0 Å². The second kappa shape index (κ2) is 6.20. The van der Waals surface area contributed by atoms with E-state index in [4.69, 9.17) is 9.47 Å². The van der Waals surface area contributed by atoms with Crippen molar-refractivity contribution in [1.82, 2.24) is 0 Å². The van der Waals surface area contributed by atoms with E-state index in [1.807, 2.05) is 0 Å². The van der Waals surface area contributed by atoms with Gasteiger partial charge in [0.2, 0.25) is 0 Å². The van der Waals surface area contributed by atoms with Crippen molar-refractivity contribution in [3.05, 3.63) is 11.6 Å². The molecule has 0 unspecified atom stereocenters. The maximum atomic E-state index is 5.35. The lowest BCUT2D eigenvalue weighted by Crippen LogP contribution is -2.03. The van der Waals surface area contributed by atoms with Gasteiger partial charge >= 0.3 is 0 Å². The molecule has 0 atom stereocenters. The topological polar surface area (TPSA) is 18.5 Å². The van der Waals surface area contributed by atoms with Gasteiger partial charge in [-0.3, -0.25) is 0 Å². The molecular formula is C12H22O2. The normalized spacial score (nSPS) is 19.6. The van der Waals surface area contributed by atoms with Crippen molar-refractivity contribution in [2.75, 3.05) is 13.2 Å². The number of hydrogen-bond acceptors (Lipinski definition) is 2. The van der Waals surface area contributed by atoms with E-state index in [0.29, 0.717) is 0 Å². The fourth-order valence-electron chi connectivity index (χ4n) is 1.58. The summed E-state index contributed by atoms with van der Waals surface area (Å²) in [6.07, 6.45) is 5.77. The molecule has 1 aliphatic rings. The first-order valence-electron chi connectivity index (χ1n) is 5.59. The summed E-state index contributed by atoms with van der Waals surface area (Å²) in [4.78, 5) is 0. The Morgan fingerprint density at radius 2 is 2.00 bits per heavy atom. The van der Waals surface area contributed by atoms with Crippen LogP contribution < -0.4 is 0 Å². The van der Waals surface area contributed by atoms with E-state index >= 15 is 0 Å². The fourth-order valence-corrected chi connectivity index (χ4v) is 1.58. The zero-order valence-corrected chi connectivity index (χ0v) is 9.58. The van der Waals surface area contributed by atoms with Crippen molar-refractivity contribution in [1.29, 1.82) is 0 Å². The third-order valence-corrected chi connectivity index (χ3v) is 2.42. The van der Waals surface area contributed by atoms with Crippen LogP contribution in [0.2, 0.25) is 0 Å². The molecule has 2 nitrogen and oxygen atoms in total. The summed E-state index contributed by atoms with van der Waals surface area (Å²) < 4.78 is 10.7. The smallest absolute Gasteiger partial charge is 0.177 e. The lowest BCUT2D eigenvalue weighted by atomic mass is 10.0. The summed E-state index contributed by atoms with van der Waals surface area (Å²) in [5, 5.41) is 0. The van der Waals surface area contributed by atoms with Crippen LogP contribution >= 0.6 is 0 Å². The Kier molecular flexibility index (Phi) is 5.20. The van der Waals surface area contributed by atoms with Gasteiger partial charge in [0.25, 0.3) is 0 Å². The number of ether oxygens (including phenoxy) is 2. The summed E-state index contributed by atoms with van der Waals surface area (Å²) in [6, 6.07) is 0. The maximum absolute atomic E-state index is 5.35. The van der Waals surface area contributed by atoms with Gasteiger partial charge in [-0.1, -0.05) is 25.8 Å². The summed E-state index contributed by atoms with van der Waals surface area (Å²) in [7, 11) is 0. The first-order valence-corrected chi connectivity index (χ1v) is 5.59. The highest BCUT2D eigenvalue weighted by atomic mass is 16.7. The molecule has 2 heteroatoms. The van der Waals surface area contributed by atoms with Crippen molar-refractivity contribution in [3.63, 3.8) is 0 Å². The van der Waals surface area contributed by atoms with Gasteiger partial charge < -0.3 is 9.47 Å². The lowest BCUT2D eigenvalue weighted by Gasteiger charge is -2.07. The molecule has 14 heavy (non-hydrogen) atoms. The van der Waals surface area contributed by atoms with Gasteiger partial charge in [0.05, 0.1) is 13.2 Å². The predicted molar refractivity (Wildman–Crippen MR) is 58.1 cm³/mol. The second-order valence-corrected chi connectivity index (χ2v) is 4.41. The Hall–Kier alpha value is -0.340. The van der Waals surface area contributed by atoms with Gasteiger partial charge in [-0.2, -0.15) is 0 Å². The van der Waals surface area contributed by atoms with Gasteiger partial charge in [0.15, 0.2) is 6.29 Å². The molecule has 0 N–H and O–H groups in total. The molecule has 0 saturated carbocycles. The standard InChI is InChI=1S/C12H22O2/c1-10(2)5-4-6-11(3)9-12-13-7-8-14-12/h9-10,12H,4-8H2,1-3H3. The molecule has 1 fully saturated rings. The third kappa shape index (κ3) is 4.77. The predicted octanol–water partition coefficient (Wildman–Crippen LogP) is 3.13. The molecule has 0 aliphatic carbocycles. The van der Waals surface area contributed by atoms with E-state index in [1.54, 1.807) is 0 Å². The van der Waals surface area contributed by atoms with E-state index in [-0.39, 0.29) is 6.29 Å². The van der Waals surface area contributed by atoms with E-state index in [1.165, 1.54) is 24.8 Å². The zero-order valence-electron chi connectivity index (χ0n) is 9.58. The van der Waals surface area contributed by atoms with Crippen LogP contribution in [0.4, 0.5) is 0 Å². The zero-order chi connectivity index (χ0) is 10.4. The summed E-state index contributed by atoms with van der Waals surface area (Å²) in [6.45, 7) is 8.16.